The molecule has 4 rings (SSSR count). The number of amidine groups is 1. The van der Waals surface area contributed by atoms with Crippen molar-refractivity contribution in [3.63, 3.8) is 0 Å². The number of pyridine rings is 1. The molecule has 29 heavy (non-hydrogen) atoms. The number of carbonyl (C=O) groups excluding carboxylic acids is 1. The van der Waals surface area contributed by atoms with E-state index in [2.05, 4.69) is 21.2 Å². The fourth-order valence-electron chi connectivity index (χ4n) is 3.06. The summed E-state index contributed by atoms with van der Waals surface area (Å²) in [7, 11) is 0. The van der Waals surface area contributed by atoms with E-state index in [0.29, 0.717) is 11.7 Å². The minimum Gasteiger partial charge on any atom is -0.333 e. The van der Waals surface area contributed by atoms with Crippen molar-refractivity contribution in [2.45, 2.75) is 6.54 Å². The van der Waals surface area contributed by atoms with E-state index in [1.807, 2.05) is 78.9 Å². The Morgan fingerprint density at radius 3 is 2.10 bits per heavy atom. The summed E-state index contributed by atoms with van der Waals surface area (Å²) in [5.41, 5.74) is 3.79. The van der Waals surface area contributed by atoms with Crippen LogP contribution in [0.15, 0.2) is 83.9 Å². The number of carbonyl (C=O) groups is 1. The Bertz CT molecular complexity index is 1140. The normalized spacial score (nSPS) is 11.7. The molecular formula is C23H18BrN3OS. The highest BCUT2D eigenvalue weighted by atomic mass is 79.9. The van der Waals surface area contributed by atoms with Crippen LogP contribution in [-0.4, -0.2) is 20.6 Å². The van der Waals surface area contributed by atoms with E-state index < -0.39 is 0 Å². The zero-order chi connectivity index (χ0) is 20.1. The van der Waals surface area contributed by atoms with Gasteiger partial charge in [-0.3, -0.25) is 9.79 Å². The van der Waals surface area contributed by atoms with Crippen LogP contribution in [0.25, 0.3) is 21.8 Å². The van der Waals surface area contributed by atoms with Gasteiger partial charge in [0.1, 0.15) is 0 Å². The molecule has 0 bridgehead atoms. The van der Waals surface area contributed by atoms with Gasteiger partial charge in [0.25, 0.3) is 0 Å². The zero-order valence-electron chi connectivity index (χ0n) is 15.5. The molecule has 0 atom stereocenters. The number of aromatic nitrogens is 1. The number of anilines is 1. The lowest BCUT2D eigenvalue weighted by atomic mass is 10.1. The molecule has 0 saturated carbocycles. The Balaban J connectivity index is 1.78. The van der Waals surface area contributed by atoms with Crippen molar-refractivity contribution in [3.8, 4) is 0 Å². The molecule has 0 saturated heterocycles. The van der Waals surface area contributed by atoms with Crippen LogP contribution in [0.5, 0.6) is 0 Å². The molecule has 0 unspecified atom stereocenters. The molecule has 1 N–H and O–H groups in total. The SMILES string of the molecule is O=C(CBr)SC(=NCc1ccccc1)Nc1c2ccccc2nc2ccccc12. The highest BCUT2D eigenvalue weighted by molar-refractivity contribution is 9.09. The topological polar surface area (TPSA) is 54.4 Å². The summed E-state index contributed by atoms with van der Waals surface area (Å²) in [6, 6.07) is 26.0. The predicted octanol–water partition coefficient (Wildman–Crippen LogP) is 6.01. The lowest BCUT2D eigenvalue weighted by molar-refractivity contribution is -0.108. The maximum absolute atomic E-state index is 12.1. The van der Waals surface area contributed by atoms with E-state index in [0.717, 1.165) is 44.8 Å². The molecule has 0 aliphatic heterocycles. The van der Waals surface area contributed by atoms with Crippen molar-refractivity contribution in [2.75, 3.05) is 10.6 Å². The maximum atomic E-state index is 12.1. The standard InChI is InChI=1S/C23H18BrN3OS/c24-14-21(28)29-23(25-15-16-8-2-1-3-9-16)27-22-17-10-4-6-12-19(17)26-20-13-7-5-11-18(20)22/h1-13H,14-15H2,(H,25,26,27). The van der Waals surface area contributed by atoms with E-state index >= 15 is 0 Å². The van der Waals surface area contributed by atoms with Gasteiger partial charge in [0.15, 0.2) is 5.17 Å². The number of hydrogen-bond donors (Lipinski definition) is 1. The number of fused-ring (bicyclic) bond motifs is 2. The monoisotopic (exact) mass is 463 g/mol. The van der Waals surface area contributed by atoms with Gasteiger partial charge in [0, 0.05) is 10.8 Å². The summed E-state index contributed by atoms with van der Waals surface area (Å²) >= 11 is 4.35. The third-order valence-corrected chi connectivity index (χ3v) is 6.06. The number of nitrogens with one attached hydrogen (secondary N) is 1. The number of para-hydroxylation sites is 2. The van der Waals surface area contributed by atoms with Crippen LogP contribution in [0.4, 0.5) is 5.69 Å². The second kappa shape index (κ2) is 9.20. The van der Waals surface area contributed by atoms with Gasteiger partial charge < -0.3 is 5.32 Å². The first-order valence-electron chi connectivity index (χ1n) is 9.14. The predicted molar refractivity (Wildman–Crippen MR) is 127 cm³/mol. The summed E-state index contributed by atoms with van der Waals surface area (Å²) in [6.45, 7) is 0.493. The smallest absolute Gasteiger partial charge is 0.207 e. The quantitative estimate of drug-likeness (QED) is 0.174. The summed E-state index contributed by atoms with van der Waals surface area (Å²) in [5.74, 6) is 0. The maximum Gasteiger partial charge on any atom is 0.207 e. The summed E-state index contributed by atoms with van der Waals surface area (Å²) in [5, 5.41) is 6.24. The molecule has 0 spiro atoms. The van der Waals surface area contributed by atoms with E-state index in [1.54, 1.807) is 0 Å². The zero-order valence-corrected chi connectivity index (χ0v) is 17.9. The molecule has 4 nitrogen and oxygen atoms in total. The van der Waals surface area contributed by atoms with Gasteiger partial charge in [0.05, 0.1) is 28.6 Å². The molecule has 144 valence electrons. The van der Waals surface area contributed by atoms with Crippen molar-refractivity contribution in [1.29, 1.82) is 0 Å². The number of nitrogens with zero attached hydrogens (tertiary/aromatic N) is 2. The molecule has 1 aromatic heterocycles. The second-order valence-corrected chi connectivity index (χ2v) is 7.97. The Labute approximate surface area is 181 Å². The first kappa shape index (κ1) is 19.6. The number of benzene rings is 3. The molecule has 4 aromatic rings. The van der Waals surface area contributed by atoms with Gasteiger partial charge in [-0.05, 0) is 29.5 Å². The molecule has 1 heterocycles. The first-order valence-corrected chi connectivity index (χ1v) is 11.1. The van der Waals surface area contributed by atoms with Crippen LogP contribution >= 0.6 is 27.7 Å². The highest BCUT2D eigenvalue weighted by Crippen LogP contribution is 2.31. The van der Waals surface area contributed by atoms with E-state index in [1.165, 1.54) is 0 Å². The minimum absolute atomic E-state index is 0.00743. The molecular weight excluding hydrogens is 446 g/mol. The van der Waals surface area contributed by atoms with Crippen molar-refractivity contribution in [3.05, 3.63) is 84.4 Å². The molecule has 0 aliphatic rings. The number of halogens is 1. The van der Waals surface area contributed by atoms with E-state index in [4.69, 9.17) is 9.98 Å². The number of alkyl halides is 1. The number of rotatable bonds is 4. The third kappa shape index (κ3) is 4.66. The Kier molecular flexibility index (Phi) is 6.22. The Hall–Kier alpha value is -2.70. The largest absolute Gasteiger partial charge is 0.333 e. The Morgan fingerprint density at radius 2 is 1.48 bits per heavy atom. The van der Waals surface area contributed by atoms with E-state index in [-0.39, 0.29) is 10.4 Å². The molecule has 3 aromatic carbocycles. The second-order valence-electron chi connectivity index (χ2n) is 6.36. The summed E-state index contributed by atoms with van der Waals surface area (Å²) < 4.78 is 0. The molecule has 0 aliphatic carbocycles. The molecule has 6 heteroatoms. The molecule has 0 radical (unpaired) electrons. The van der Waals surface area contributed by atoms with Crippen molar-refractivity contribution < 1.29 is 4.79 Å². The van der Waals surface area contributed by atoms with Crippen molar-refractivity contribution in [1.82, 2.24) is 4.98 Å². The van der Waals surface area contributed by atoms with E-state index in [9.17, 15) is 4.79 Å². The lowest BCUT2D eigenvalue weighted by Crippen LogP contribution is -2.13. The number of aliphatic imine (C=N–C) groups is 1. The number of thioether (sulfide) groups is 1. The van der Waals surface area contributed by atoms with Gasteiger partial charge in [0.2, 0.25) is 5.12 Å². The van der Waals surface area contributed by atoms with Gasteiger partial charge in [-0.15, -0.1) is 0 Å². The molecule has 0 amide bonds. The average Bonchev–Trinajstić information content (AvgIpc) is 2.77. The fourth-order valence-corrected chi connectivity index (χ4v) is 3.96. The number of hydrogen-bond acceptors (Lipinski definition) is 4. The van der Waals surface area contributed by atoms with Gasteiger partial charge in [-0.25, -0.2) is 4.98 Å². The summed E-state index contributed by atoms with van der Waals surface area (Å²) in [6.07, 6.45) is 0. The van der Waals surface area contributed by atoms with Crippen LogP contribution in [0.1, 0.15) is 5.56 Å². The van der Waals surface area contributed by atoms with Crippen molar-refractivity contribution in [2.24, 2.45) is 4.99 Å². The van der Waals surface area contributed by atoms with Crippen LogP contribution in [0.3, 0.4) is 0 Å². The van der Waals surface area contributed by atoms with Crippen LogP contribution < -0.4 is 5.32 Å². The van der Waals surface area contributed by atoms with Crippen molar-refractivity contribution >= 4 is 65.5 Å². The summed E-state index contributed by atoms with van der Waals surface area (Å²) in [4.78, 5) is 21.6. The highest BCUT2D eigenvalue weighted by Gasteiger charge is 2.13. The van der Waals surface area contributed by atoms with Crippen LogP contribution in [-0.2, 0) is 11.3 Å². The fraction of sp³-hybridized carbons (Fsp3) is 0.0870. The van der Waals surface area contributed by atoms with Crippen LogP contribution in [0, 0.1) is 0 Å². The van der Waals surface area contributed by atoms with Gasteiger partial charge in [-0.1, -0.05) is 82.7 Å². The minimum atomic E-state index is -0.00743. The Morgan fingerprint density at radius 1 is 0.897 bits per heavy atom. The van der Waals surface area contributed by atoms with Gasteiger partial charge in [-0.2, -0.15) is 0 Å². The third-order valence-electron chi connectivity index (χ3n) is 4.39. The lowest BCUT2D eigenvalue weighted by Gasteiger charge is -2.14. The average molecular weight is 464 g/mol. The van der Waals surface area contributed by atoms with Gasteiger partial charge >= 0.3 is 0 Å². The molecule has 0 fully saturated rings. The first-order chi connectivity index (χ1) is 14.2. The van der Waals surface area contributed by atoms with Crippen LogP contribution in [0.2, 0.25) is 0 Å².